The molecule has 0 spiro atoms. The lowest BCUT2D eigenvalue weighted by Gasteiger charge is -2.31. The summed E-state index contributed by atoms with van der Waals surface area (Å²) in [7, 11) is 0. The van der Waals surface area contributed by atoms with Crippen molar-refractivity contribution in [3.63, 3.8) is 0 Å². The van der Waals surface area contributed by atoms with E-state index >= 15 is 0 Å². The maximum atomic E-state index is 6.14. The molecule has 1 aromatic heterocycles. The Bertz CT molecular complexity index is 1260. The number of allylic oxidation sites excluding steroid dienone is 2. The van der Waals surface area contributed by atoms with Gasteiger partial charge in [0.25, 0.3) is 0 Å². The number of fused-ring (bicyclic) bond motifs is 4. The molecule has 0 saturated heterocycles. The molecular formula is C26H27N5O. The fraction of sp³-hybridized carbons (Fsp3) is 0.308. The monoisotopic (exact) mass is 425 g/mol. The predicted molar refractivity (Wildman–Crippen MR) is 124 cm³/mol. The first kappa shape index (κ1) is 19.5. The van der Waals surface area contributed by atoms with Gasteiger partial charge < -0.3 is 15.8 Å². The van der Waals surface area contributed by atoms with E-state index in [0.29, 0.717) is 19.1 Å². The molecule has 0 saturated carbocycles. The maximum Gasteiger partial charge on any atom is 0.163 e. The van der Waals surface area contributed by atoms with Crippen LogP contribution in [0.25, 0.3) is 11.3 Å². The van der Waals surface area contributed by atoms with E-state index in [1.807, 2.05) is 19.2 Å². The molecule has 6 rings (SSSR count). The van der Waals surface area contributed by atoms with Crippen molar-refractivity contribution in [3.8, 4) is 5.69 Å². The van der Waals surface area contributed by atoms with Gasteiger partial charge in [0, 0.05) is 17.7 Å². The highest BCUT2D eigenvalue weighted by Gasteiger charge is 2.30. The molecule has 162 valence electrons. The quantitative estimate of drug-likeness (QED) is 0.652. The van der Waals surface area contributed by atoms with Crippen molar-refractivity contribution >= 4 is 5.57 Å². The Labute approximate surface area is 187 Å². The molecule has 3 aromatic rings. The van der Waals surface area contributed by atoms with Gasteiger partial charge in [-0.3, -0.25) is 4.57 Å². The van der Waals surface area contributed by atoms with E-state index in [4.69, 9.17) is 10.5 Å². The Kier molecular flexibility index (Phi) is 4.70. The number of hydrogen-bond acceptors (Lipinski definition) is 5. The number of hydrogen-bond donors (Lipinski definition) is 2. The second-order valence-corrected chi connectivity index (χ2v) is 8.81. The van der Waals surface area contributed by atoms with Crippen LogP contribution in [0.4, 0.5) is 0 Å². The van der Waals surface area contributed by atoms with Gasteiger partial charge in [-0.2, -0.15) is 0 Å². The van der Waals surface area contributed by atoms with Crippen LogP contribution in [0.2, 0.25) is 0 Å². The van der Waals surface area contributed by atoms with Crippen LogP contribution in [0.5, 0.6) is 0 Å². The molecule has 3 aliphatic rings. The molecule has 2 unspecified atom stereocenters. The Morgan fingerprint density at radius 3 is 2.91 bits per heavy atom. The standard InChI is InChI=1S/C26H27N5O/c1-16-29-30-25-15-32-14-22-23(31(16)25)11-10-20(18-9-12-24(27)28-13-18)26(22)21-8-4-6-17-5-2-3-7-19(17)21/h2-3,5,7,9-13,21,24,28H,4,6,8,14-15,27H2,1H3. The van der Waals surface area contributed by atoms with E-state index in [9.17, 15) is 0 Å². The van der Waals surface area contributed by atoms with Crippen molar-refractivity contribution in [2.24, 2.45) is 5.73 Å². The minimum absolute atomic E-state index is 0.149. The number of dihydropyridines is 1. The van der Waals surface area contributed by atoms with Crippen LogP contribution in [0.1, 0.15) is 58.2 Å². The average molecular weight is 426 g/mol. The highest BCUT2D eigenvalue weighted by atomic mass is 16.5. The van der Waals surface area contributed by atoms with E-state index in [0.717, 1.165) is 35.8 Å². The molecule has 6 nitrogen and oxygen atoms in total. The van der Waals surface area contributed by atoms with Gasteiger partial charge in [-0.1, -0.05) is 36.4 Å². The fourth-order valence-electron chi connectivity index (χ4n) is 5.44. The first-order valence-electron chi connectivity index (χ1n) is 11.3. The van der Waals surface area contributed by atoms with Gasteiger partial charge >= 0.3 is 0 Å². The molecule has 0 radical (unpaired) electrons. The van der Waals surface area contributed by atoms with Gasteiger partial charge in [-0.05, 0) is 66.2 Å². The van der Waals surface area contributed by atoms with E-state index < -0.39 is 0 Å². The van der Waals surface area contributed by atoms with E-state index in [-0.39, 0.29) is 6.17 Å². The minimum Gasteiger partial charge on any atom is -0.372 e. The van der Waals surface area contributed by atoms with Crippen LogP contribution < -0.4 is 11.1 Å². The fourth-order valence-corrected chi connectivity index (χ4v) is 5.44. The van der Waals surface area contributed by atoms with Gasteiger partial charge in [0.15, 0.2) is 5.82 Å². The molecule has 0 bridgehead atoms. The van der Waals surface area contributed by atoms with Gasteiger partial charge in [0.05, 0.1) is 18.5 Å². The largest absolute Gasteiger partial charge is 0.372 e. The Hall–Kier alpha value is -3.22. The lowest BCUT2D eigenvalue weighted by molar-refractivity contribution is 0.104. The van der Waals surface area contributed by atoms with Crippen LogP contribution in [-0.2, 0) is 24.4 Å². The van der Waals surface area contributed by atoms with Gasteiger partial charge in [-0.25, -0.2) is 0 Å². The SMILES string of the molecule is Cc1nnc2n1-c1ccc(C3=CNC(N)C=C3)c(C3CCCc4ccccc43)c1COC2. The van der Waals surface area contributed by atoms with Crippen molar-refractivity contribution < 1.29 is 4.74 Å². The van der Waals surface area contributed by atoms with Crippen molar-refractivity contribution in [1.29, 1.82) is 0 Å². The molecular weight excluding hydrogens is 398 g/mol. The summed E-state index contributed by atoms with van der Waals surface area (Å²) in [6, 6.07) is 13.3. The molecule has 32 heavy (non-hydrogen) atoms. The molecule has 3 N–H and O–H groups in total. The highest BCUT2D eigenvalue weighted by molar-refractivity contribution is 5.79. The highest BCUT2D eigenvalue weighted by Crippen LogP contribution is 2.44. The molecule has 6 heteroatoms. The summed E-state index contributed by atoms with van der Waals surface area (Å²) in [4.78, 5) is 0. The summed E-state index contributed by atoms with van der Waals surface area (Å²) in [5.74, 6) is 2.06. The van der Waals surface area contributed by atoms with E-state index in [1.54, 1.807) is 0 Å². The van der Waals surface area contributed by atoms with Gasteiger partial charge in [0.2, 0.25) is 0 Å². The Balaban J connectivity index is 1.62. The summed E-state index contributed by atoms with van der Waals surface area (Å²) in [5.41, 5.74) is 15.0. The molecule has 1 aliphatic carbocycles. The average Bonchev–Trinajstić information content (AvgIpc) is 3.08. The Morgan fingerprint density at radius 1 is 1.12 bits per heavy atom. The zero-order valence-corrected chi connectivity index (χ0v) is 18.2. The second-order valence-electron chi connectivity index (χ2n) is 8.81. The third-order valence-corrected chi connectivity index (χ3v) is 6.89. The molecule has 3 heterocycles. The first-order chi connectivity index (χ1) is 15.7. The summed E-state index contributed by atoms with van der Waals surface area (Å²) in [6.07, 6.45) is 9.48. The van der Waals surface area contributed by atoms with Crippen molar-refractivity contribution in [3.05, 3.63) is 94.2 Å². The third-order valence-electron chi connectivity index (χ3n) is 6.89. The summed E-state index contributed by atoms with van der Waals surface area (Å²) in [6.45, 7) is 3.03. The number of rotatable bonds is 2. The zero-order chi connectivity index (χ0) is 21.7. The zero-order valence-electron chi connectivity index (χ0n) is 18.2. The van der Waals surface area contributed by atoms with Crippen LogP contribution in [0.15, 0.2) is 54.8 Å². The maximum absolute atomic E-state index is 6.14. The topological polar surface area (TPSA) is 78.0 Å². The van der Waals surface area contributed by atoms with E-state index in [2.05, 4.69) is 62.6 Å². The Morgan fingerprint density at radius 2 is 2.03 bits per heavy atom. The van der Waals surface area contributed by atoms with Crippen LogP contribution in [0.3, 0.4) is 0 Å². The van der Waals surface area contributed by atoms with Crippen LogP contribution >= 0.6 is 0 Å². The third kappa shape index (κ3) is 3.10. The molecule has 2 atom stereocenters. The summed E-state index contributed by atoms with van der Waals surface area (Å²) < 4.78 is 8.30. The molecule has 0 fully saturated rings. The molecule has 2 aromatic carbocycles. The number of aryl methyl sites for hydroxylation is 2. The first-order valence-corrected chi connectivity index (χ1v) is 11.3. The second kappa shape index (κ2) is 7.73. The van der Waals surface area contributed by atoms with Crippen molar-refractivity contribution in [1.82, 2.24) is 20.1 Å². The predicted octanol–water partition coefficient (Wildman–Crippen LogP) is 3.86. The number of ether oxygens (including phenoxy) is 1. The molecule has 0 amide bonds. The van der Waals surface area contributed by atoms with Gasteiger partial charge in [0.1, 0.15) is 12.4 Å². The summed E-state index contributed by atoms with van der Waals surface area (Å²) >= 11 is 0. The van der Waals surface area contributed by atoms with Crippen LogP contribution in [-0.4, -0.2) is 20.9 Å². The molecule has 2 aliphatic heterocycles. The number of nitrogens with one attached hydrogen (secondary N) is 1. The number of benzene rings is 2. The smallest absolute Gasteiger partial charge is 0.163 e. The lowest BCUT2D eigenvalue weighted by Crippen LogP contribution is -2.33. The summed E-state index contributed by atoms with van der Waals surface area (Å²) in [5, 5.41) is 11.9. The number of nitrogens with two attached hydrogens (primary N) is 1. The van der Waals surface area contributed by atoms with Crippen molar-refractivity contribution in [2.45, 2.75) is 51.5 Å². The van der Waals surface area contributed by atoms with Gasteiger partial charge in [-0.15, -0.1) is 10.2 Å². The van der Waals surface area contributed by atoms with Crippen molar-refractivity contribution in [2.75, 3.05) is 0 Å². The lowest BCUT2D eigenvalue weighted by atomic mass is 9.74. The van der Waals surface area contributed by atoms with Crippen LogP contribution in [0, 0.1) is 6.92 Å². The van der Waals surface area contributed by atoms with E-state index in [1.165, 1.54) is 34.2 Å². The number of aromatic nitrogens is 3. The normalized spacial score (nSPS) is 21.6. The minimum atomic E-state index is -0.149. The number of nitrogens with zero attached hydrogens (tertiary/aromatic N) is 3.